The Morgan fingerprint density at radius 1 is 1.39 bits per heavy atom. The molecule has 3 nitrogen and oxygen atoms in total. The second-order valence-corrected chi connectivity index (χ2v) is 4.78. The molecule has 0 fully saturated rings. The predicted molar refractivity (Wildman–Crippen MR) is 72.9 cm³/mol. The molecule has 96 valence electrons. The summed E-state index contributed by atoms with van der Waals surface area (Å²) < 4.78 is 0. The van der Waals surface area contributed by atoms with Gasteiger partial charge in [-0.25, -0.2) is 0 Å². The van der Waals surface area contributed by atoms with Crippen molar-refractivity contribution in [3.8, 4) is 0 Å². The molecule has 1 N–H and O–H groups in total. The topological polar surface area (TPSA) is 40.5 Å². The van der Waals surface area contributed by atoms with Crippen molar-refractivity contribution in [2.24, 2.45) is 0 Å². The van der Waals surface area contributed by atoms with Gasteiger partial charge in [0.15, 0.2) is 0 Å². The lowest BCUT2D eigenvalue weighted by Crippen LogP contribution is -2.38. The third-order valence-electron chi connectivity index (χ3n) is 3.30. The van der Waals surface area contributed by atoms with Crippen molar-refractivity contribution in [2.75, 3.05) is 11.4 Å². The van der Waals surface area contributed by atoms with Crippen LogP contribution in [0.1, 0.15) is 24.8 Å². The minimum absolute atomic E-state index is 0.0536. The van der Waals surface area contributed by atoms with Crippen LogP contribution in [0.25, 0.3) is 0 Å². The fourth-order valence-corrected chi connectivity index (χ4v) is 2.34. The summed E-state index contributed by atoms with van der Waals surface area (Å²) in [5.74, 6) is -0.783. The molecule has 0 bridgehead atoms. The molecule has 0 aromatic heterocycles. The third-order valence-corrected chi connectivity index (χ3v) is 3.30. The van der Waals surface area contributed by atoms with Crippen LogP contribution < -0.4 is 4.90 Å². The summed E-state index contributed by atoms with van der Waals surface area (Å²) in [6.45, 7) is 2.09. The van der Waals surface area contributed by atoms with E-state index in [4.69, 9.17) is 5.11 Å². The molecule has 1 atom stereocenters. The molecule has 1 aliphatic carbocycles. The predicted octanol–water partition coefficient (Wildman–Crippen LogP) is 2.99. The number of hydrogen-bond donors (Lipinski definition) is 1. The van der Waals surface area contributed by atoms with E-state index >= 15 is 0 Å². The quantitative estimate of drug-likeness (QED) is 0.829. The lowest BCUT2D eigenvalue weighted by molar-refractivity contribution is -0.135. The molecule has 0 amide bonds. The first-order valence-corrected chi connectivity index (χ1v) is 6.38. The average molecular weight is 245 g/mol. The summed E-state index contributed by atoms with van der Waals surface area (Å²) >= 11 is 0. The van der Waals surface area contributed by atoms with Crippen molar-refractivity contribution in [3.05, 3.63) is 42.0 Å². The van der Waals surface area contributed by atoms with E-state index in [1.807, 2.05) is 36.1 Å². The summed E-state index contributed by atoms with van der Waals surface area (Å²) in [5, 5.41) is 9.06. The van der Waals surface area contributed by atoms with Crippen LogP contribution in [-0.4, -0.2) is 23.7 Å². The molecule has 1 unspecified atom stereocenters. The first kappa shape index (κ1) is 12.7. The van der Waals surface area contributed by atoms with E-state index in [0.29, 0.717) is 0 Å². The molecule has 0 saturated heterocycles. The smallest absolute Gasteiger partial charge is 0.323 e. The summed E-state index contributed by atoms with van der Waals surface area (Å²) in [6.07, 6.45) is 7.54. The Morgan fingerprint density at radius 2 is 2.11 bits per heavy atom. The normalized spacial score (nSPS) is 18.6. The zero-order valence-electron chi connectivity index (χ0n) is 10.7. The number of rotatable bonds is 4. The van der Waals surface area contributed by atoms with Crippen LogP contribution in [0, 0.1) is 6.92 Å². The Bertz CT molecular complexity index is 436. The van der Waals surface area contributed by atoms with Crippen LogP contribution in [0.15, 0.2) is 36.4 Å². The molecule has 18 heavy (non-hydrogen) atoms. The van der Waals surface area contributed by atoms with Crippen LogP contribution in [-0.2, 0) is 4.79 Å². The molecular formula is C15H19NO2. The van der Waals surface area contributed by atoms with Crippen LogP contribution in [0.2, 0.25) is 0 Å². The highest BCUT2D eigenvalue weighted by Crippen LogP contribution is 2.23. The Kier molecular flexibility index (Phi) is 4.03. The molecular weight excluding hydrogens is 226 g/mol. The Hall–Kier alpha value is -1.77. The van der Waals surface area contributed by atoms with Crippen LogP contribution >= 0.6 is 0 Å². The van der Waals surface area contributed by atoms with E-state index in [9.17, 15) is 4.79 Å². The van der Waals surface area contributed by atoms with Crippen LogP contribution in [0.3, 0.4) is 0 Å². The SMILES string of the molecule is Cc1ccc(N(CC(=O)O)C2C=CCCC2)cc1. The fourth-order valence-electron chi connectivity index (χ4n) is 2.34. The van der Waals surface area contributed by atoms with E-state index in [2.05, 4.69) is 12.2 Å². The zero-order valence-corrected chi connectivity index (χ0v) is 10.7. The monoisotopic (exact) mass is 245 g/mol. The number of carbonyl (C=O) groups is 1. The molecule has 0 saturated carbocycles. The lowest BCUT2D eigenvalue weighted by atomic mass is 10.0. The Morgan fingerprint density at radius 3 is 2.67 bits per heavy atom. The molecule has 0 radical (unpaired) electrons. The van der Waals surface area contributed by atoms with Crippen molar-refractivity contribution in [3.63, 3.8) is 0 Å². The highest BCUT2D eigenvalue weighted by molar-refractivity contribution is 5.74. The molecule has 0 aliphatic heterocycles. The van der Waals surface area contributed by atoms with Crippen molar-refractivity contribution < 1.29 is 9.90 Å². The van der Waals surface area contributed by atoms with Gasteiger partial charge in [0.2, 0.25) is 0 Å². The van der Waals surface area contributed by atoms with Gasteiger partial charge >= 0.3 is 5.97 Å². The van der Waals surface area contributed by atoms with Gasteiger partial charge in [0.05, 0.1) is 0 Å². The van der Waals surface area contributed by atoms with E-state index in [0.717, 1.165) is 24.9 Å². The molecule has 0 heterocycles. The van der Waals surface area contributed by atoms with E-state index < -0.39 is 5.97 Å². The third kappa shape index (κ3) is 3.13. The molecule has 0 spiro atoms. The van der Waals surface area contributed by atoms with Crippen molar-refractivity contribution in [1.82, 2.24) is 0 Å². The molecule has 1 aliphatic rings. The van der Waals surface area contributed by atoms with Gasteiger partial charge in [-0.3, -0.25) is 4.79 Å². The largest absolute Gasteiger partial charge is 0.480 e. The maximum absolute atomic E-state index is 11.0. The number of anilines is 1. The first-order valence-electron chi connectivity index (χ1n) is 6.38. The number of aliphatic carboxylic acids is 1. The molecule has 1 aromatic carbocycles. The number of aryl methyl sites for hydroxylation is 1. The van der Waals surface area contributed by atoms with Crippen LogP contribution in [0.5, 0.6) is 0 Å². The second-order valence-electron chi connectivity index (χ2n) is 4.78. The van der Waals surface area contributed by atoms with Gasteiger partial charge in [0, 0.05) is 11.7 Å². The molecule has 2 rings (SSSR count). The lowest BCUT2D eigenvalue weighted by Gasteiger charge is -2.32. The number of carboxylic acids is 1. The number of allylic oxidation sites excluding steroid dienone is 1. The maximum Gasteiger partial charge on any atom is 0.323 e. The summed E-state index contributed by atoms with van der Waals surface area (Å²) in [5.41, 5.74) is 2.17. The fraction of sp³-hybridized carbons (Fsp3) is 0.400. The number of carboxylic acid groups (broad SMARTS) is 1. The summed E-state index contributed by atoms with van der Waals surface area (Å²) in [4.78, 5) is 13.0. The molecule has 3 heteroatoms. The van der Waals surface area contributed by atoms with Crippen molar-refractivity contribution in [1.29, 1.82) is 0 Å². The van der Waals surface area contributed by atoms with Gasteiger partial charge in [-0.15, -0.1) is 0 Å². The van der Waals surface area contributed by atoms with Gasteiger partial charge in [-0.05, 0) is 38.3 Å². The van der Waals surface area contributed by atoms with Gasteiger partial charge < -0.3 is 10.0 Å². The van der Waals surface area contributed by atoms with Gasteiger partial charge in [-0.2, -0.15) is 0 Å². The zero-order chi connectivity index (χ0) is 13.0. The summed E-state index contributed by atoms with van der Waals surface area (Å²) in [7, 11) is 0. The molecule has 1 aromatic rings. The number of benzene rings is 1. The van der Waals surface area contributed by atoms with Crippen LogP contribution in [0.4, 0.5) is 5.69 Å². The van der Waals surface area contributed by atoms with Gasteiger partial charge in [-0.1, -0.05) is 29.8 Å². The maximum atomic E-state index is 11.0. The average Bonchev–Trinajstić information content (AvgIpc) is 2.38. The van der Waals surface area contributed by atoms with E-state index in [1.165, 1.54) is 5.56 Å². The van der Waals surface area contributed by atoms with Crippen molar-refractivity contribution >= 4 is 11.7 Å². The number of nitrogens with zero attached hydrogens (tertiary/aromatic N) is 1. The van der Waals surface area contributed by atoms with Gasteiger partial charge in [0.1, 0.15) is 6.54 Å². The Labute approximate surface area is 108 Å². The second kappa shape index (κ2) is 5.71. The number of hydrogen-bond acceptors (Lipinski definition) is 2. The summed E-state index contributed by atoms with van der Waals surface area (Å²) in [6, 6.07) is 8.26. The highest BCUT2D eigenvalue weighted by atomic mass is 16.4. The first-order chi connectivity index (χ1) is 8.66. The van der Waals surface area contributed by atoms with Crippen molar-refractivity contribution in [2.45, 2.75) is 32.2 Å². The standard InChI is InChI=1S/C15H19NO2/c1-12-7-9-14(10-8-12)16(11-15(17)18)13-5-3-2-4-6-13/h3,5,7-10,13H,2,4,6,11H2,1H3,(H,17,18). The minimum atomic E-state index is -0.783. The minimum Gasteiger partial charge on any atom is -0.480 e. The van der Waals surface area contributed by atoms with E-state index in [1.54, 1.807) is 0 Å². The highest BCUT2D eigenvalue weighted by Gasteiger charge is 2.20. The Balaban J connectivity index is 2.23. The van der Waals surface area contributed by atoms with E-state index in [-0.39, 0.29) is 12.6 Å². The van der Waals surface area contributed by atoms with Gasteiger partial charge in [0.25, 0.3) is 0 Å².